The summed E-state index contributed by atoms with van der Waals surface area (Å²) in [5.41, 5.74) is 8.48. The number of aryl methyl sites for hydroxylation is 1. The number of methoxy groups -OCH3 is 1. The quantitative estimate of drug-likeness (QED) is 0.823. The largest absolute Gasteiger partial charge is 0.496 e. The van der Waals surface area contributed by atoms with E-state index in [1.54, 1.807) is 7.11 Å². The van der Waals surface area contributed by atoms with Crippen molar-refractivity contribution in [3.63, 3.8) is 0 Å². The van der Waals surface area contributed by atoms with Crippen LogP contribution in [0.25, 0.3) is 0 Å². The van der Waals surface area contributed by atoms with Crippen LogP contribution in [0.1, 0.15) is 37.4 Å². The lowest BCUT2D eigenvalue weighted by atomic mass is 9.92. The molecule has 0 aromatic heterocycles. The Morgan fingerprint density at radius 1 is 1.40 bits per heavy atom. The van der Waals surface area contributed by atoms with Crippen molar-refractivity contribution in [2.75, 3.05) is 7.11 Å². The lowest BCUT2D eigenvalue weighted by molar-refractivity contribution is 0.407. The van der Waals surface area contributed by atoms with Crippen LogP contribution in [0.4, 0.5) is 0 Å². The van der Waals surface area contributed by atoms with Gasteiger partial charge in [-0.05, 0) is 30.0 Å². The third-order valence-electron chi connectivity index (χ3n) is 3.07. The Balaban J connectivity index is 2.95. The van der Waals surface area contributed by atoms with E-state index in [2.05, 4.69) is 26.0 Å². The molecule has 0 aliphatic rings. The van der Waals surface area contributed by atoms with Crippen molar-refractivity contribution in [2.45, 2.75) is 33.2 Å². The van der Waals surface area contributed by atoms with Crippen LogP contribution >= 0.6 is 0 Å². The van der Waals surface area contributed by atoms with Gasteiger partial charge >= 0.3 is 0 Å². The van der Waals surface area contributed by atoms with Gasteiger partial charge < -0.3 is 10.5 Å². The van der Waals surface area contributed by atoms with Gasteiger partial charge in [-0.25, -0.2) is 0 Å². The lowest BCUT2D eigenvalue weighted by Crippen LogP contribution is -2.18. The Morgan fingerprint density at radius 2 is 2.07 bits per heavy atom. The van der Waals surface area contributed by atoms with E-state index in [0.29, 0.717) is 5.92 Å². The zero-order valence-electron chi connectivity index (χ0n) is 10.1. The van der Waals surface area contributed by atoms with Gasteiger partial charge in [0.15, 0.2) is 0 Å². The highest BCUT2D eigenvalue weighted by molar-refractivity contribution is 5.37. The molecule has 0 fully saturated rings. The van der Waals surface area contributed by atoms with E-state index in [-0.39, 0.29) is 6.04 Å². The van der Waals surface area contributed by atoms with E-state index in [1.807, 2.05) is 13.0 Å². The average molecular weight is 207 g/mol. The van der Waals surface area contributed by atoms with Crippen LogP contribution in [0, 0.1) is 12.8 Å². The molecule has 2 heteroatoms. The van der Waals surface area contributed by atoms with Gasteiger partial charge in [-0.1, -0.05) is 32.4 Å². The van der Waals surface area contributed by atoms with Crippen LogP contribution in [0.3, 0.4) is 0 Å². The molecule has 2 atom stereocenters. The molecular formula is C13H21NO. The third-order valence-corrected chi connectivity index (χ3v) is 3.07. The van der Waals surface area contributed by atoms with Crippen molar-refractivity contribution in [3.8, 4) is 5.75 Å². The maximum Gasteiger partial charge on any atom is 0.122 e. The Kier molecular flexibility index (Phi) is 4.15. The topological polar surface area (TPSA) is 35.2 Å². The van der Waals surface area contributed by atoms with Gasteiger partial charge in [0.1, 0.15) is 5.75 Å². The van der Waals surface area contributed by atoms with Crippen molar-refractivity contribution < 1.29 is 4.74 Å². The first-order valence-electron chi connectivity index (χ1n) is 5.50. The molecule has 1 aromatic rings. The van der Waals surface area contributed by atoms with Gasteiger partial charge in [-0.15, -0.1) is 0 Å². The molecular weight excluding hydrogens is 186 g/mol. The summed E-state index contributed by atoms with van der Waals surface area (Å²) in [7, 11) is 1.70. The molecule has 1 aromatic carbocycles. The van der Waals surface area contributed by atoms with Crippen LogP contribution in [-0.2, 0) is 0 Å². The number of rotatable bonds is 4. The van der Waals surface area contributed by atoms with Crippen LogP contribution in [0.5, 0.6) is 5.75 Å². The van der Waals surface area contributed by atoms with Gasteiger partial charge in [0.25, 0.3) is 0 Å². The van der Waals surface area contributed by atoms with Gasteiger partial charge in [0.2, 0.25) is 0 Å². The van der Waals surface area contributed by atoms with Gasteiger partial charge in [-0.3, -0.25) is 0 Å². The number of nitrogens with two attached hydrogens (primary N) is 1. The van der Waals surface area contributed by atoms with E-state index in [1.165, 1.54) is 0 Å². The Bertz CT molecular complexity index is 322. The van der Waals surface area contributed by atoms with Crippen LogP contribution in [-0.4, -0.2) is 7.11 Å². The summed E-state index contributed by atoms with van der Waals surface area (Å²) in [5, 5.41) is 0. The molecule has 1 rings (SSSR count). The molecule has 0 saturated carbocycles. The van der Waals surface area contributed by atoms with Crippen molar-refractivity contribution in [1.82, 2.24) is 0 Å². The second-order valence-electron chi connectivity index (χ2n) is 4.14. The molecule has 2 nitrogen and oxygen atoms in total. The van der Waals surface area contributed by atoms with Crippen molar-refractivity contribution in [2.24, 2.45) is 11.7 Å². The minimum atomic E-state index is 0.101. The first-order chi connectivity index (χ1) is 7.10. The zero-order valence-corrected chi connectivity index (χ0v) is 10.1. The van der Waals surface area contributed by atoms with Crippen molar-refractivity contribution in [1.29, 1.82) is 0 Å². The van der Waals surface area contributed by atoms with E-state index in [4.69, 9.17) is 10.5 Å². The summed E-state index contributed by atoms with van der Waals surface area (Å²) < 4.78 is 5.29. The summed E-state index contributed by atoms with van der Waals surface area (Å²) in [4.78, 5) is 0. The molecule has 0 heterocycles. The van der Waals surface area contributed by atoms with Gasteiger partial charge in [0.05, 0.1) is 7.11 Å². The molecule has 2 N–H and O–H groups in total. The fourth-order valence-electron chi connectivity index (χ4n) is 1.63. The maximum absolute atomic E-state index is 6.17. The summed E-state index contributed by atoms with van der Waals surface area (Å²) in [5.74, 6) is 1.42. The minimum absolute atomic E-state index is 0.101. The number of benzene rings is 1. The smallest absolute Gasteiger partial charge is 0.122 e. The zero-order chi connectivity index (χ0) is 11.4. The Labute approximate surface area is 92.4 Å². The Hall–Kier alpha value is -1.02. The highest BCUT2D eigenvalue weighted by Crippen LogP contribution is 2.26. The molecule has 0 aliphatic carbocycles. The number of ether oxygens (including phenoxy) is 1. The first kappa shape index (κ1) is 12.1. The predicted molar refractivity (Wildman–Crippen MR) is 64.1 cm³/mol. The fraction of sp³-hybridized carbons (Fsp3) is 0.538. The van der Waals surface area contributed by atoms with Crippen LogP contribution in [0.15, 0.2) is 18.2 Å². The van der Waals surface area contributed by atoms with E-state index < -0.39 is 0 Å². The van der Waals surface area contributed by atoms with Crippen molar-refractivity contribution in [3.05, 3.63) is 29.3 Å². The normalized spacial score (nSPS) is 14.7. The number of hydrogen-bond acceptors (Lipinski definition) is 2. The van der Waals surface area contributed by atoms with Crippen LogP contribution in [0.2, 0.25) is 0 Å². The molecule has 0 aliphatic heterocycles. The summed E-state index contributed by atoms with van der Waals surface area (Å²) >= 11 is 0. The summed E-state index contributed by atoms with van der Waals surface area (Å²) in [6.45, 7) is 6.38. The number of hydrogen-bond donors (Lipinski definition) is 1. The standard InChI is InChI=1S/C13H21NO/c1-5-9(2)13(14)11-7-6-10(3)12(8-11)15-4/h6-9,13H,5,14H2,1-4H3. The van der Waals surface area contributed by atoms with Crippen LogP contribution < -0.4 is 10.5 Å². The summed E-state index contributed by atoms with van der Waals surface area (Å²) in [6.07, 6.45) is 1.09. The second kappa shape index (κ2) is 5.17. The molecule has 0 saturated heterocycles. The molecule has 0 bridgehead atoms. The highest BCUT2D eigenvalue weighted by Gasteiger charge is 2.14. The molecule has 0 amide bonds. The fourth-order valence-corrected chi connectivity index (χ4v) is 1.63. The maximum atomic E-state index is 6.17. The highest BCUT2D eigenvalue weighted by atomic mass is 16.5. The monoisotopic (exact) mass is 207 g/mol. The Morgan fingerprint density at radius 3 is 2.60 bits per heavy atom. The van der Waals surface area contributed by atoms with E-state index >= 15 is 0 Å². The first-order valence-corrected chi connectivity index (χ1v) is 5.50. The molecule has 15 heavy (non-hydrogen) atoms. The molecule has 0 spiro atoms. The predicted octanol–water partition coefficient (Wildman–Crippen LogP) is 3.05. The van der Waals surface area contributed by atoms with Gasteiger partial charge in [-0.2, -0.15) is 0 Å². The van der Waals surface area contributed by atoms with E-state index in [0.717, 1.165) is 23.3 Å². The molecule has 2 unspecified atom stereocenters. The third kappa shape index (κ3) is 2.72. The van der Waals surface area contributed by atoms with Gasteiger partial charge in [0, 0.05) is 6.04 Å². The molecule has 0 radical (unpaired) electrons. The SMILES string of the molecule is CCC(C)C(N)c1ccc(C)c(OC)c1. The lowest BCUT2D eigenvalue weighted by Gasteiger charge is -2.19. The van der Waals surface area contributed by atoms with Crippen molar-refractivity contribution >= 4 is 0 Å². The summed E-state index contributed by atoms with van der Waals surface area (Å²) in [6, 6.07) is 6.31. The minimum Gasteiger partial charge on any atom is -0.496 e. The average Bonchev–Trinajstić information content (AvgIpc) is 2.27. The van der Waals surface area contributed by atoms with E-state index in [9.17, 15) is 0 Å². The second-order valence-corrected chi connectivity index (χ2v) is 4.14. The molecule has 84 valence electrons.